The van der Waals surface area contributed by atoms with Gasteiger partial charge in [-0.25, -0.2) is 0 Å². The molecule has 0 atom stereocenters. The van der Waals surface area contributed by atoms with Crippen molar-refractivity contribution in [3.63, 3.8) is 0 Å². The van der Waals surface area contributed by atoms with Gasteiger partial charge in [-0.2, -0.15) is 0 Å². The molecule has 0 aliphatic carbocycles. The molecule has 0 amide bonds. The van der Waals surface area contributed by atoms with Crippen LogP contribution >= 0.6 is 0 Å². The van der Waals surface area contributed by atoms with Crippen LogP contribution in [-0.4, -0.2) is 13.2 Å². The Bertz CT molecular complexity index is 197. The summed E-state index contributed by atoms with van der Waals surface area (Å²) in [5.41, 5.74) is 2.21. The molecule has 0 bridgehead atoms. The first-order chi connectivity index (χ1) is 5.20. The van der Waals surface area contributed by atoms with Crippen LogP contribution in [0, 0.1) is 5.92 Å². The predicted octanol–water partition coefficient (Wildman–Crippen LogP) is 2.32. The molecule has 1 nitrogen and oxygen atoms in total. The lowest BCUT2D eigenvalue weighted by atomic mass is 9.98. The summed E-state index contributed by atoms with van der Waals surface area (Å²) in [5.74, 6) is 0.547. The van der Waals surface area contributed by atoms with E-state index in [9.17, 15) is 0 Å². The second kappa shape index (κ2) is 3.54. The molecule has 1 fully saturated rings. The lowest BCUT2D eigenvalue weighted by molar-refractivity contribution is -0.0114. The van der Waals surface area contributed by atoms with Gasteiger partial charge in [-0.15, -0.1) is 0 Å². The summed E-state index contributed by atoms with van der Waals surface area (Å²) in [5, 5.41) is 0. The van der Waals surface area contributed by atoms with E-state index < -0.39 is 0 Å². The Morgan fingerprint density at radius 2 is 2.00 bits per heavy atom. The zero-order valence-electron chi connectivity index (χ0n) is 6.97. The highest BCUT2D eigenvalue weighted by molar-refractivity contribution is 5.25. The van der Waals surface area contributed by atoms with Gasteiger partial charge in [0, 0.05) is 5.92 Å². The first kappa shape index (κ1) is 8.28. The van der Waals surface area contributed by atoms with E-state index in [2.05, 4.69) is 13.2 Å². The quantitative estimate of drug-likeness (QED) is 0.561. The Morgan fingerprint density at radius 3 is 2.36 bits per heavy atom. The standard InChI is InChI=1S/C10H14O/c1-8(2)4-5-9(3)10-6-11-7-10/h4-5,10H,1,3,6-7H2,2H3/b5-4-. The van der Waals surface area contributed by atoms with Crippen molar-refractivity contribution < 1.29 is 4.74 Å². The number of ether oxygens (including phenoxy) is 1. The van der Waals surface area contributed by atoms with Crippen LogP contribution in [0.15, 0.2) is 36.5 Å². The normalized spacial score (nSPS) is 18.3. The topological polar surface area (TPSA) is 9.23 Å². The van der Waals surface area contributed by atoms with Gasteiger partial charge in [-0.05, 0) is 12.5 Å². The molecule has 1 saturated heterocycles. The molecule has 0 aromatic rings. The Balaban J connectivity index is 2.36. The van der Waals surface area contributed by atoms with Gasteiger partial charge < -0.3 is 4.74 Å². The Kier molecular flexibility index (Phi) is 2.66. The third-order valence-corrected chi connectivity index (χ3v) is 1.74. The second-order valence-electron chi connectivity index (χ2n) is 2.99. The van der Waals surface area contributed by atoms with Crippen LogP contribution in [0.1, 0.15) is 6.92 Å². The zero-order chi connectivity index (χ0) is 8.27. The molecule has 11 heavy (non-hydrogen) atoms. The third kappa shape index (κ3) is 2.35. The van der Waals surface area contributed by atoms with E-state index in [-0.39, 0.29) is 0 Å². The maximum atomic E-state index is 5.05. The molecule has 1 heteroatoms. The minimum atomic E-state index is 0.547. The number of hydrogen-bond acceptors (Lipinski definition) is 1. The molecule has 1 aliphatic heterocycles. The number of hydrogen-bond donors (Lipinski definition) is 0. The van der Waals surface area contributed by atoms with Gasteiger partial charge in [0.25, 0.3) is 0 Å². The average Bonchev–Trinajstić information content (AvgIpc) is 1.79. The highest BCUT2D eigenvalue weighted by atomic mass is 16.5. The molecule has 0 unspecified atom stereocenters. The molecular weight excluding hydrogens is 136 g/mol. The largest absolute Gasteiger partial charge is 0.380 e. The van der Waals surface area contributed by atoms with Crippen LogP contribution in [0.3, 0.4) is 0 Å². The van der Waals surface area contributed by atoms with Crippen molar-refractivity contribution >= 4 is 0 Å². The molecule has 1 rings (SSSR count). The molecule has 60 valence electrons. The summed E-state index contributed by atoms with van der Waals surface area (Å²) < 4.78 is 5.05. The fourth-order valence-electron chi connectivity index (χ4n) is 0.835. The van der Waals surface area contributed by atoms with Crippen LogP contribution in [0.2, 0.25) is 0 Å². The SMILES string of the molecule is C=C(C)/C=C\C(=C)C1COC1. The van der Waals surface area contributed by atoms with Crippen molar-refractivity contribution in [3.05, 3.63) is 36.5 Å². The average molecular weight is 150 g/mol. The summed E-state index contributed by atoms with van der Waals surface area (Å²) >= 11 is 0. The van der Waals surface area contributed by atoms with E-state index in [1.54, 1.807) is 0 Å². The molecule has 0 aromatic heterocycles. The third-order valence-electron chi connectivity index (χ3n) is 1.74. The van der Waals surface area contributed by atoms with Gasteiger partial charge in [0.1, 0.15) is 0 Å². The molecule has 0 aromatic carbocycles. The van der Waals surface area contributed by atoms with Crippen LogP contribution in [-0.2, 0) is 4.74 Å². The van der Waals surface area contributed by atoms with E-state index in [0.29, 0.717) is 5.92 Å². The highest BCUT2D eigenvalue weighted by Gasteiger charge is 2.19. The Hall–Kier alpha value is -0.820. The van der Waals surface area contributed by atoms with Crippen LogP contribution in [0.5, 0.6) is 0 Å². The molecule has 1 aliphatic rings. The van der Waals surface area contributed by atoms with Crippen molar-refractivity contribution in [2.75, 3.05) is 13.2 Å². The molecule has 0 spiro atoms. The van der Waals surface area contributed by atoms with Gasteiger partial charge in [0.15, 0.2) is 0 Å². The van der Waals surface area contributed by atoms with E-state index in [0.717, 1.165) is 24.4 Å². The van der Waals surface area contributed by atoms with Crippen LogP contribution in [0.25, 0.3) is 0 Å². The molecule has 0 saturated carbocycles. The predicted molar refractivity (Wildman–Crippen MR) is 47.4 cm³/mol. The fraction of sp³-hybridized carbons (Fsp3) is 0.400. The first-order valence-electron chi connectivity index (χ1n) is 3.80. The van der Waals surface area contributed by atoms with Crippen molar-refractivity contribution in [1.29, 1.82) is 0 Å². The van der Waals surface area contributed by atoms with Gasteiger partial charge in [-0.1, -0.05) is 30.9 Å². The van der Waals surface area contributed by atoms with Gasteiger partial charge in [0.05, 0.1) is 13.2 Å². The molecule has 1 heterocycles. The summed E-state index contributed by atoms with van der Waals surface area (Å²) in [6, 6.07) is 0. The smallest absolute Gasteiger partial charge is 0.0557 e. The Morgan fingerprint density at radius 1 is 1.36 bits per heavy atom. The van der Waals surface area contributed by atoms with Crippen molar-refractivity contribution in [1.82, 2.24) is 0 Å². The highest BCUT2D eigenvalue weighted by Crippen LogP contribution is 2.19. The monoisotopic (exact) mass is 150 g/mol. The summed E-state index contributed by atoms with van der Waals surface area (Å²) in [7, 11) is 0. The van der Waals surface area contributed by atoms with Crippen molar-refractivity contribution in [3.8, 4) is 0 Å². The molecule has 0 N–H and O–H groups in total. The van der Waals surface area contributed by atoms with Crippen molar-refractivity contribution in [2.24, 2.45) is 5.92 Å². The minimum absolute atomic E-state index is 0.547. The minimum Gasteiger partial charge on any atom is -0.380 e. The molecule has 0 radical (unpaired) electrons. The van der Waals surface area contributed by atoms with E-state index in [1.807, 2.05) is 19.1 Å². The van der Waals surface area contributed by atoms with E-state index in [4.69, 9.17) is 4.74 Å². The summed E-state index contributed by atoms with van der Waals surface area (Å²) in [6.45, 7) is 11.4. The zero-order valence-corrected chi connectivity index (χ0v) is 6.97. The van der Waals surface area contributed by atoms with Gasteiger partial charge >= 0.3 is 0 Å². The van der Waals surface area contributed by atoms with Crippen LogP contribution in [0.4, 0.5) is 0 Å². The lowest BCUT2D eigenvalue weighted by Crippen LogP contribution is -2.28. The number of rotatable bonds is 3. The van der Waals surface area contributed by atoms with Gasteiger partial charge in [0.2, 0.25) is 0 Å². The summed E-state index contributed by atoms with van der Waals surface area (Å²) in [6.07, 6.45) is 4.01. The Labute approximate surface area is 68.1 Å². The maximum absolute atomic E-state index is 5.05. The van der Waals surface area contributed by atoms with Gasteiger partial charge in [-0.3, -0.25) is 0 Å². The maximum Gasteiger partial charge on any atom is 0.0557 e. The first-order valence-corrected chi connectivity index (χ1v) is 3.80. The van der Waals surface area contributed by atoms with Crippen molar-refractivity contribution in [2.45, 2.75) is 6.92 Å². The lowest BCUT2D eigenvalue weighted by Gasteiger charge is -2.26. The fourth-order valence-corrected chi connectivity index (χ4v) is 0.835. The van der Waals surface area contributed by atoms with Crippen LogP contribution < -0.4 is 0 Å². The van der Waals surface area contributed by atoms with E-state index in [1.165, 1.54) is 0 Å². The second-order valence-corrected chi connectivity index (χ2v) is 2.99. The number of allylic oxidation sites excluding steroid dienone is 3. The van der Waals surface area contributed by atoms with E-state index >= 15 is 0 Å². The molecular formula is C10H14O. The summed E-state index contributed by atoms with van der Waals surface area (Å²) in [4.78, 5) is 0.